The Labute approximate surface area is 115 Å². The van der Waals surface area contributed by atoms with Crippen LogP contribution in [-0.2, 0) is 4.79 Å². The third-order valence-corrected chi connectivity index (χ3v) is 3.72. The number of carbonyl (C=O) groups is 2. The fourth-order valence-electron chi connectivity index (χ4n) is 2.51. The number of nitrogens with zero attached hydrogens (tertiary/aromatic N) is 1. The number of likely N-dealkylation sites (tertiary alicyclic amines) is 1. The van der Waals surface area contributed by atoms with E-state index in [4.69, 9.17) is 5.11 Å². The average Bonchev–Trinajstić information content (AvgIpc) is 2.82. The first-order chi connectivity index (χ1) is 9.02. The Morgan fingerprint density at radius 3 is 2.84 bits per heavy atom. The minimum Gasteiger partial charge on any atom is -0.481 e. The summed E-state index contributed by atoms with van der Waals surface area (Å²) in [7, 11) is 0. The standard InChI is InChI=1S/C14H26N2O3/c1-3-4-12-7-8-16(10-12)14(19)15-9-11(2)5-6-13(17)18/h11-12H,3-10H2,1-2H3,(H,15,19)(H,17,18). The number of carboxylic acid groups (broad SMARTS) is 1. The molecule has 0 spiro atoms. The summed E-state index contributed by atoms with van der Waals surface area (Å²) in [6.45, 7) is 6.41. The van der Waals surface area contributed by atoms with Crippen LogP contribution in [0, 0.1) is 11.8 Å². The molecule has 2 unspecified atom stereocenters. The van der Waals surface area contributed by atoms with Crippen molar-refractivity contribution in [1.29, 1.82) is 0 Å². The van der Waals surface area contributed by atoms with Crippen molar-refractivity contribution in [1.82, 2.24) is 10.2 Å². The number of hydrogen-bond acceptors (Lipinski definition) is 2. The summed E-state index contributed by atoms with van der Waals surface area (Å²) < 4.78 is 0. The van der Waals surface area contributed by atoms with Crippen LogP contribution in [0.3, 0.4) is 0 Å². The molecule has 5 nitrogen and oxygen atoms in total. The smallest absolute Gasteiger partial charge is 0.317 e. The molecule has 1 saturated heterocycles. The van der Waals surface area contributed by atoms with Crippen molar-refractivity contribution in [2.45, 2.75) is 46.0 Å². The van der Waals surface area contributed by atoms with Crippen LogP contribution in [-0.4, -0.2) is 41.6 Å². The summed E-state index contributed by atoms with van der Waals surface area (Å²) in [6, 6.07) is 0.000720. The highest BCUT2D eigenvalue weighted by Crippen LogP contribution is 2.20. The molecular formula is C14H26N2O3. The largest absolute Gasteiger partial charge is 0.481 e. The van der Waals surface area contributed by atoms with E-state index in [0.717, 1.165) is 19.5 Å². The van der Waals surface area contributed by atoms with Gasteiger partial charge in [-0.1, -0.05) is 20.3 Å². The Balaban J connectivity index is 2.19. The molecule has 110 valence electrons. The number of aliphatic carboxylic acids is 1. The fraction of sp³-hybridized carbons (Fsp3) is 0.857. The first-order valence-corrected chi connectivity index (χ1v) is 7.27. The van der Waals surface area contributed by atoms with Gasteiger partial charge in [0.1, 0.15) is 0 Å². The second-order valence-electron chi connectivity index (χ2n) is 5.61. The molecule has 2 amide bonds. The predicted molar refractivity (Wildman–Crippen MR) is 74.0 cm³/mol. The summed E-state index contributed by atoms with van der Waals surface area (Å²) in [5.74, 6) is 0.0782. The summed E-state index contributed by atoms with van der Waals surface area (Å²) in [5.41, 5.74) is 0. The van der Waals surface area contributed by atoms with Crippen LogP contribution in [0.2, 0.25) is 0 Å². The minimum atomic E-state index is -0.778. The molecule has 0 aliphatic carbocycles. The number of carbonyl (C=O) groups excluding carboxylic acids is 1. The number of carboxylic acids is 1. The Morgan fingerprint density at radius 1 is 1.47 bits per heavy atom. The van der Waals surface area contributed by atoms with Gasteiger partial charge < -0.3 is 15.3 Å². The van der Waals surface area contributed by atoms with Crippen molar-refractivity contribution in [2.24, 2.45) is 11.8 Å². The molecule has 0 aromatic heterocycles. The molecule has 0 saturated carbocycles. The summed E-state index contributed by atoms with van der Waals surface area (Å²) in [4.78, 5) is 24.3. The maximum Gasteiger partial charge on any atom is 0.317 e. The summed E-state index contributed by atoms with van der Waals surface area (Å²) in [6.07, 6.45) is 4.24. The van der Waals surface area contributed by atoms with Crippen molar-refractivity contribution >= 4 is 12.0 Å². The molecular weight excluding hydrogens is 244 g/mol. The quantitative estimate of drug-likeness (QED) is 0.746. The van der Waals surface area contributed by atoms with Gasteiger partial charge >= 0.3 is 12.0 Å². The SMILES string of the molecule is CCCC1CCN(C(=O)NCC(C)CCC(=O)O)C1. The molecule has 5 heteroatoms. The maximum absolute atomic E-state index is 11.9. The first-order valence-electron chi connectivity index (χ1n) is 7.27. The van der Waals surface area contributed by atoms with Gasteiger partial charge in [0, 0.05) is 26.1 Å². The van der Waals surface area contributed by atoms with Gasteiger partial charge in [0.15, 0.2) is 0 Å². The van der Waals surface area contributed by atoms with Crippen LogP contribution in [0.5, 0.6) is 0 Å². The van der Waals surface area contributed by atoms with E-state index in [2.05, 4.69) is 12.2 Å². The van der Waals surface area contributed by atoms with E-state index in [9.17, 15) is 9.59 Å². The van der Waals surface area contributed by atoms with Crippen molar-refractivity contribution in [3.05, 3.63) is 0 Å². The lowest BCUT2D eigenvalue weighted by atomic mass is 10.0. The van der Waals surface area contributed by atoms with E-state index in [1.165, 1.54) is 12.8 Å². The highest BCUT2D eigenvalue weighted by molar-refractivity contribution is 5.74. The van der Waals surface area contributed by atoms with Crippen LogP contribution < -0.4 is 5.32 Å². The molecule has 0 radical (unpaired) electrons. The third-order valence-electron chi connectivity index (χ3n) is 3.72. The Bertz CT molecular complexity index is 307. The molecule has 1 rings (SSSR count). The van der Waals surface area contributed by atoms with Gasteiger partial charge in [-0.25, -0.2) is 4.79 Å². The zero-order valence-corrected chi connectivity index (χ0v) is 12.0. The lowest BCUT2D eigenvalue weighted by molar-refractivity contribution is -0.137. The molecule has 2 N–H and O–H groups in total. The average molecular weight is 270 g/mol. The molecule has 0 bridgehead atoms. The van der Waals surface area contributed by atoms with Gasteiger partial charge in [-0.15, -0.1) is 0 Å². The second kappa shape index (κ2) is 8.02. The van der Waals surface area contributed by atoms with Crippen LogP contribution in [0.25, 0.3) is 0 Å². The van der Waals surface area contributed by atoms with Crippen molar-refractivity contribution in [3.63, 3.8) is 0 Å². The molecule has 0 aromatic carbocycles. The van der Waals surface area contributed by atoms with Gasteiger partial charge in [0.05, 0.1) is 0 Å². The number of hydrogen-bond donors (Lipinski definition) is 2. The van der Waals surface area contributed by atoms with Crippen molar-refractivity contribution < 1.29 is 14.7 Å². The van der Waals surface area contributed by atoms with Crippen molar-refractivity contribution in [2.75, 3.05) is 19.6 Å². The molecule has 1 heterocycles. The Morgan fingerprint density at radius 2 is 2.21 bits per heavy atom. The Hall–Kier alpha value is -1.26. The molecule has 1 aliphatic heterocycles. The van der Waals surface area contributed by atoms with E-state index < -0.39 is 5.97 Å². The number of rotatable bonds is 7. The third kappa shape index (κ3) is 5.94. The highest BCUT2D eigenvalue weighted by Gasteiger charge is 2.25. The van der Waals surface area contributed by atoms with Crippen LogP contribution in [0.15, 0.2) is 0 Å². The normalized spacial score (nSPS) is 20.3. The van der Waals surface area contributed by atoms with E-state index in [1.54, 1.807) is 0 Å². The highest BCUT2D eigenvalue weighted by atomic mass is 16.4. The lowest BCUT2D eigenvalue weighted by Gasteiger charge is -2.19. The van der Waals surface area contributed by atoms with Gasteiger partial charge in [0.2, 0.25) is 0 Å². The van der Waals surface area contributed by atoms with E-state index in [-0.39, 0.29) is 18.4 Å². The molecule has 0 aromatic rings. The number of amides is 2. The van der Waals surface area contributed by atoms with Gasteiger partial charge in [-0.05, 0) is 31.1 Å². The zero-order valence-electron chi connectivity index (χ0n) is 12.0. The van der Waals surface area contributed by atoms with Gasteiger partial charge in [-0.2, -0.15) is 0 Å². The lowest BCUT2D eigenvalue weighted by Crippen LogP contribution is -2.40. The summed E-state index contributed by atoms with van der Waals surface area (Å²) in [5, 5.41) is 11.5. The first kappa shape index (κ1) is 15.8. The molecule has 19 heavy (non-hydrogen) atoms. The van der Waals surface area contributed by atoms with Gasteiger partial charge in [-0.3, -0.25) is 4.79 Å². The van der Waals surface area contributed by atoms with E-state index >= 15 is 0 Å². The van der Waals surface area contributed by atoms with E-state index in [1.807, 2.05) is 11.8 Å². The number of nitrogens with one attached hydrogen (secondary N) is 1. The fourth-order valence-corrected chi connectivity index (χ4v) is 2.51. The van der Waals surface area contributed by atoms with Crippen LogP contribution in [0.4, 0.5) is 4.79 Å². The molecule has 2 atom stereocenters. The van der Waals surface area contributed by atoms with Crippen LogP contribution >= 0.6 is 0 Å². The minimum absolute atomic E-state index is 0.000720. The van der Waals surface area contributed by atoms with Crippen molar-refractivity contribution in [3.8, 4) is 0 Å². The molecule has 1 fully saturated rings. The predicted octanol–water partition coefficient (Wildman–Crippen LogP) is 2.32. The summed E-state index contributed by atoms with van der Waals surface area (Å²) >= 11 is 0. The van der Waals surface area contributed by atoms with Gasteiger partial charge in [0.25, 0.3) is 0 Å². The second-order valence-corrected chi connectivity index (χ2v) is 5.61. The zero-order chi connectivity index (χ0) is 14.3. The molecule has 1 aliphatic rings. The van der Waals surface area contributed by atoms with E-state index in [0.29, 0.717) is 18.9 Å². The topological polar surface area (TPSA) is 69.6 Å². The Kier molecular flexibility index (Phi) is 6.67. The maximum atomic E-state index is 11.9. The number of urea groups is 1. The monoisotopic (exact) mass is 270 g/mol. The van der Waals surface area contributed by atoms with Crippen LogP contribution in [0.1, 0.15) is 46.0 Å².